The van der Waals surface area contributed by atoms with Gasteiger partial charge in [-0.15, -0.1) is 0 Å². The van der Waals surface area contributed by atoms with Gasteiger partial charge in [0.15, 0.2) is 5.16 Å². The Kier molecular flexibility index (Phi) is 5.43. The van der Waals surface area contributed by atoms with Gasteiger partial charge in [-0.05, 0) is 36.5 Å². The van der Waals surface area contributed by atoms with Crippen LogP contribution in [-0.4, -0.2) is 16.2 Å². The molecule has 2 nitrogen and oxygen atoms in total. The van der Waals surface area contributed by atoms with E-state index in [9.17, 15) is 0 Å². The van der Waals surface area contributed by atoms with Crippen LogP contribution < -0.4 is 0 Å². The topological polar surface area (TPSA) is 25.8 Å². The Morgan fingerprint density at radius 1 is 1.05 bits per heavy atom. The predicted molar refractivity (Wildman–Crippen MR) is 85.1 cm³/mol. The van der Waals surface area contributed by atoms with Gasteiger partial charge in [0.05, 0.1) is 5.69 Å². The van der Waals surface area contributed by atoms with E-state index < -0.39 is 0 Å². The average molecular weight is 280 g/mol. The average Bonchev–Trinajstić information content (AvgIpc) is 2.45. The standard InChI is InChI=1S/C16H28N2S/c1-8-15(4,5)13-12(16(6,9-2)10-3)11-17-14(18-13)19-7/h11H,8-10H2,1-7H3. The third-order valence-electron chi connectivity index (χ3n) is 4.69. The fourth-order valence-electron chi connectivity index (χ4n) is 2.22. The second-order valence-electron chi connectivity index (χ2n) is 6.12. The van der Waals surface area contributed by atoms with E-state index in [-0.39, 0.29) is 10.8 Å². The van der Waals surface area contributed by atoms with Gasteiger partial charge in [-0.25, -0.2) is 9.97 Å². The quantitative estimate of drug-likeness (QED) is 0.544. The van der Waals surface area contributed by atoms with Crippen LogP contribution in [0.5, 0.6) is 0 Å². The summed E-state index contributed by atoms with van der Waals surface area (Å²) in [5.74, 6) is 0. The summed E-state index contributed by atoms with van der Waals surface area (Å²) in [7, 11) is 0. The molecule has 3 heteroatoms. The molecule has 0 aromatic carbocycles. The number of nitrogens with zero attached hydrogens (tertiary/aromatic N) is 2. The van der Waals surface area contributed by atoms with Crippen LogP contribution in [0, 0.1) is 0 Å². The SMILES string of the molecule is CCC(C)(C)c1nc(SC)ncc1C(C)(CC)CC. The van der Waals surface area contributed by atoms with Crippen LogP contribution in [-0.2, 0) is 10.8 Å². The van der Waals surface area contributed by atoms with Crippen LogP contribution in [0.25, 0.3) is 0 Å². The van der Waals surface area contributed by atoms with Crippen molar-refractivity contribution in [2.75, 3.05) is 6.26 Å². The Labute approximate surface area is 122 Å². The maximum atomic E-state index is 4.85. The van der Waals surface area contributed by atoms with Crippen LogP contribution in [0.1, 0.15) is 72.1 Å². The number of rotatable bonds is 6. The van der Waals surface area contributed by atoms with Crippen LogP contribution in [0.2, 0.25) is 0 Å². The molecular formula is C16H28N2S. The molecule has 1 rings (SSSR count). The molecule has 0 unspecified atom stereocenters. The number of hydrogen-bond donors (Lipinski definition) is 0. The zero-order valence-corrected chi connectivity index (χ0v) is 14.3. The molecule has 0 aliphatic heterocycles. The Balaban J connectivity index is 3.47. The van der Waals surface area contributed by atoms with E-state index >= 15 is 0 Å². The van der Waals surface area contributed by atoms with E-state index in [1.54, 1.807) is 11.8 Å². The Bertz CT molecular complexity index is 423. The summed E-state index contributed by atoms with van der Waals surface area (Å²) in [5.41, 5.74) is 2.86. The van der Waals surface area contributed by atoms with Gasteiger partial charge < -0.3 is 0 Å². The molecule has 0 N–H and O–H groups in total. The Hall–Kier alpha value is -0.570. The van der Waals surface area contributed by atoms with Gasteiger partial charge in [0.1, 0.15) is 0 Å². The van der Waals surface area contributed by atoms with Gasteiger partial charge >= 0.3 is 0 Å². The Morgan fingerprint density at radius 3 is 2.05 bits per heavy atom. The zero-order chi connectivity index (χ0) is 14.7. The number of hydrogen-bond acceptors (Lipinski definition) is 3. The van der Waals surface area contributed by atoms with Crippen LogP contribution in [0.3, 0.4) is 0 Å². The largest absolute Gasteiger partial charge is 0.231 e. The van der Waals surface area contributed by atoms with Gasteiger partial charge in [0.2, 0.25) is 0 Å². The van der Waals surface area contributed by atoms with Crippen molar-refractivity contribution >= 4 is 11.8 Å². The van der Waals surface area contributed by atoms with Crippen molar-refractivity contribution in [2.24, 2.45) is 0 Å². The summed E-state index contributed by atoms with van der Waals surface area (Å²) in [6.45, 7) is 13.7. The molecule has 108 valence electrons. The molecule has 0 saturated heterocycles. The molecule has 0 aliphatic carbocycles. The van der Waals surface area contributed by atoms with E-state index in [0.29, 0.717) is 0 Å². The summed E-state index contributed by atoms with van der Waals surface area (Å²) in [4.78, 5) is 9.37. The normalized spacial score (nSPS) is 12.8. The molecule has 1 heterocycles. The number of thioether (sulfide) groups is 1. The van der Waals surface area contributed by atoms with Crippen LogP contribution in [0.15, 0.2) is 11.4 Å². The molecular weight excluding hydrogens is 252 g/mol. The van der Waals surface area contributed by atoms with Gasteiger partial charge in [-0.3, -0.25) is 0 Å². The summed E-state index contributed by atoms with van der Waals surface area (Å²) >= 11 is 1.62. The monoisotopic (exact) mass is 280 g/mol. The molecule has 0 aliphatic rings. The van der Waals surface area contributed by atoms with E-state index in [1.165, 1.54) is 11.3 Å². The lowest BCUT2D eigenvalue weighted by Gasteiger charge is -2.34. The van der Waals surface area contributed by atoms with E-state index in [1.807, 2.05) is 6.26 Å². The summed E-state index contributed by atoms with van der Waals surface area (Å²) < 4.78 is 0. The first-order chi connectivity index (χ1) is 8.84. The van der Waals surface area contributed by atoms with Gasteiger partial charge in [0, 0.05) is 11.6 Å². The Morgan fingerprint density at radius 2 is 1.63 bits per heavy atom. The highest BCUT2D eigenvalue weighted by molar-refractivity contribution is 7.98. The van der Waals surface area contributed by atoms with Crippen molar-refractivity contribution in [3.05, 3.63) is 17.5 Å². The maximum Gasteiger partial charge on any atom is 0.187 e. The summed E-state index contributed by atoms with van der Waals surface area (Å²) in [6, 6.07) is 0. The van der Waals surface area contributed by atoms with Crippen LogP contribution >= 0.6 is 11.8 Å². The maximum absolute atomic E-state index is 4.85. The molecule has 0 amide bonds. The molecule has 0 radical (unpaired) electrons. The van der Waals surface area contributed by atoms with Gasteiger partial charge in [0.25, 0.3) is 0 Å². The van der Waals surface area contributed by atoms with Crippen LogP contribution in [0.4, 0.5) is 0 Å². The van der Waals surface area contributed by atoms with Crippen molar-refractivity contribution in [2.45, 2.75) is 76.8 Å². The van der Waals surface area contributed by atoms with E-state index in [0.717, 1.165) is 24.4 Å². The molecule has 0 fully saturated rings. The fourth-order valence-corrected chi connectivity index (χ4v) is 2.56. The lowest BCUT2D eigenvalue weighted by molar-refractivity contribution is 0.401. The van der Waals surface area contributed by atoms with Crippen molar-refractivity contribution in [3.63, 3.8) is 0 Å². The first-order valence-corrected chi connectivity index (χ1v) is 8.49. The molecule has 1 aromatic heterocycles. The highest BCUT2D eigenvalue weighted by Gasteiger charge is 2.32. The van der Waals surface area contributed by atoms with E-state index in [2.05, 4.69) is 52.7 Å². The van der Waals surface area contributed by atoms with Crippen molar-refractivity contribution in [3.8, 4) is 0 Å². The van der Waals surface area contributed by atoms with Crippen molar-refractivity contribution in [1.82, 2.24) is 9.97 Å². The van der Waals surface area contributed by atoms with Gasteiger partial charge in [-0.2, -0.15) is 0 Å². The highest BCUT2D eigenvalue weighted by Crippen LogP contribution is 2.38. The molecule has 1 aromatic rings. The molecule has 0 atom stereocenters. The first kappa shape index (κ1) is 16.5. The third-order valence-corrected chi connectivity index (χ3v) is 5.25. The zero-order valence-electron chi connectivity index (χ0n) is 13.5. The third kappa shape index (κ3) is 3.31. The molecule has 0 saturated carbocycles. The minimum absolute atomic E-state index is 0.106. The lowest BCUT2D eigenvalue weighted by atomic mass is 9.72. The first-order valence-electron chi connectivity index (χ1n) is 7.26. The van der Waals surface area contributed by atoms with Crippen molar-refractivity contribution in [1.29, 1.82) is 0 Å². The van der Waals surface area contributed by atoms with Gasteiger partial charge in [-0.1, -0.05) is 53.3 Å². The minimum Gasteiger partial charge on any atom is -0.231 e. The summed E-state index contributed by atoms with van der Waals surface area (Å²) in [5, 5.41) is 0.884. The van der Waals surface area contributed by atoms with E-state index in [4.69, 9.17) is 4.98 Å². The second-order valence-corrected chi connectivity index (χ2v) is 6.90. The highest BCUT2D eigenvalue weighted by atomic mass is 32.2. The molecule has 0 bridgehead atoms. The molecule has 19 heavy (non-hydrogen) atoms. The second kappa shape index (κ2) is 6.25. The van der Waals surface area contributed by atoms with Crippen molar-refractivity contribution < 1.29 is 0 Å². The minimum atomic E-state index is 0.106. The predicted octanol–water partition coefficient (Wildman–Crippen LogP) is 4.96. The fraction of sp³-hybridized carbons (Fsp3) is 0.750. The molecule has 0 spiro atoms. The lowest BCUT2D eigenvalue weighted by Crippen LogP contribution is -2.29. The number of aromatic nitrogens is 2. The smallest absolute Gasteiger partial charge is 0.187 e. The summed E-state index contributed by atoms with van der Waals surface area (Å²) in [6.07, 6.45) is 7.44.